The number of carbonyl (C=O) groups is 1. The number of halogens is 1. The number of carbonyl (C=O) groups excluding carboxylic acids is 1. The van der Waals surface area contributed by atoms with Crippen molar-refractivity contribution in [3.63, 3.8) is 0 Å². The largest absolute Gasteiger partial charge is 0.355 e. The minimum Gasteiger partial charge on any atom is -0.355 e. The van der Waals surface area contributed by atoms with Gasteiger partial charge in [0.15, 0.2) is 5.82 Å². The van der Waals surface area contributed by atoms with Crippen molar-refractivity contribution in [2.45, 2.75) is 19.3 Å². The van der Waals surface area contributed by atoms with Crippen LogP contribution in [0.3, 0.4) is 0 Å². The molecule has 0 saturated heterocycles. The fraction of sp³-hybridized carbons (Fsp3) is 0.312. The molecule has 118 valence electrons. The van der Waals surface area contributed by atoms with Crippen LogP contribution in [0.2, 0.25) is 0 Å². The Balaban J connectivity index is 1.51. The van der Waals surface area contributed by atoms with Gasteiger partial charge in [-0.25, -0.2) is 8.91 Å². The Kier molecular flexibility index (Phi) is 3.57. The van der Waals surface area contributed by atoms with Gasteiger partial charge in [-0.15, -0.1) is 16.4 Å². The highest BCUT2D eigenvalue weighted by Crippen LogP contribution is 2.28. The first kappa shape index (κ1) is 14.3. The number of amides is 1. The van der Waals surface area contributed by atoms with Crippen LogP contribution >= 0.6 is 11.3 Å². The summed E-state index contributed by atoms with van der Waals surface area (Å²) in [5, 5.41) is 9.41. The summed E-state index contributed by atoms with van der Waals surface area (Å²) in [7, 11) is 0. The first-order chi connectivity index (χ1) is 11.2. The van der Waals surface area contributed by atoms with Crippen LogP contribution < -0.4 is 5.32 Å². The number of aromatic nitrogens is 3. The second kappa shape index (κ2) is 5.73. The summed E-state index contributed by atoms with van der Waals surface area (Å²) in [4.78, 5) is 16.9. The fourth-order valence-electron chi connectivity index (χ4n) is 2.45. The topological polar surface area (TPSA) is 59.3 Å². The number of fused-ring (bicyclic) bond motifs is 1. The molecular weight excluding hydrogens is 315 g/mol. The predicted octanol–water partition coefficient (Wildman–Crippen LogP) is 2.67. The zero-order chi connectivity index (χ0) is 15.8. The summed E-state index contributed by atoms with van der Waals surface area (Å²) in [6.45, 7) is 0.594. The number of hydrogen-bond acceptors (Lipinski definition) is 4. The predicted molar refractivity (Wildman–Crippen MR) is 85.7 cm³/mol. The van der Waals surface area contributed by atoms with Crippen molar-refractivity contribution in [1.29, 1.82) is 0 Å². The molecular formula is C16H15FN4OS. The van der Waals surface area contributed by atoms with E-state index < -0.39 is 0 Å². The van der Waals surface area contributed by atoms with E-state index in [-0.39, 0.29) is 17.6 Å². The third-order valence-electron chi connectivity index (χ3n) is 3.86. The molecule has 2 heterocycles. The van der Waals surface area contributed by atoms with E-state index in [0.717, 1.165) is 23.5 Å². The normalized spacial score (nSPS) is 14.3. The highest BCUT2D eigenvalue weighted by molar-refractivity contribution is 7.15. The lowest BCUT2D eigenvalue weighted by Crippen LogP contribution is -2.27. The minimum absolute atomic E-state index is 0.149. The van der Waals surface area contributed by atoms with Crippen LogP contribution in [0.25, 0.3) is 16.3 Å². The van der Waals surface area contributed by atoms with Gasteiger partial charge in [0.1, 0.15) is 5.82 Å². The van der Waals surface area contributed by atoms with Crippen molar-refractivity contribution in [3.05, 3.63) is 41.2 Å². The summed E-state index contributed by atoms with van der Waals surface area (Å²) in [6, 6.07) is 6.26. The summed E-state index contributed by atoms with van der Waals surface area (Å²) < 4.78 is 15.1. The van der Waals surface area contributed by atoms with Crippen molar-refractivity contribution in [2.75, 3.05) is 6.54 Å². The Morgan fingerprint density at radius 3 is 3.09 bits per heavy atom. The Morgan fingerprint density at radius 2 is 2.30 bits per heavy atom. The van der Waals surface area contributed by atoms with Crippen LogP contribution in [-0.4, -0.2) is 27.0 Å². The maximum atomic E-state index is 13.3. The lowest BCUT2D eigenvalue weighted by atomic mass is 10.2. The molecule has 23 heavy (non-hydrogen) atoms. The van der Waals surface area contributed by atoms with Crippen LogP contribution in [0, 0.1) is 11.7 Å². The van der Waals surface area contributed by atoms with E-state index in [1.54, 1.807) is 16.6 Å². The SMILES string of the molecule is O=C(NCCc1csc2nc(-c3cccc(F)c3)nn12)C1CC1. The second-order valence-corrected chi connectivity index (χ2v) is 6.52. The van der Waals surface area contributed by atoms with Gasteiger partial charge < -0.3 is 5.32 Å². The molecule has 0 bridgehead atoms. The van der Waals surface area contributed by atoms with Gasteiger partial charge in [0.25, 0.3) is 0 Å². The molecule has 5 nitrogen and oxygen atoms in total. The Bertz CT molecular complexity index is 868. The van der Waals surface area contributed by atoms with E-state index in [0.29, 0.717) is 24.4 Å². The molecule has 4 rings (SSSR count). The van der Waals surface area contributed by atoms with E-state index in [1.807, 2.05) is 5.38 Å². The van der Waals surface area contributed by atoms with Gasteiger partial charge in [0.2, 0.25) is 10.9 Å². The number of rotatable bonds is 5. The molecule has 7 heteroatoms. The molecule has 1 amide bonds. The van der Waals surface area contributed by atoms with E-state index in [1.165, 1.54) is 23.5 Å². The van der Waals surface area contributed by atoms with Crippen molar-refractivity contribution >= 4 is 22.2 Å². The minimum atomic E-state index is -0.302. The van der Waals surface area contributed by atoms with Gasteiger partial charge in [-0.05, 0) is 25.0 Å². The number of hydrogen-bond donors (Lipinski definition) is 1. The van der Waals surface area contributed by atoms with Gasteiger partial charge in [-0.2, -0.15) is 4.98 Å². The van der Waals surface area contributed by atoms with E-state index in [9.17, 15) is 9.18 Å². The van der Waals surface area contributed by atoms with Gasteiger partial charge in [0.05, 0.1) is 5.69 Å². The second-order valence-electron chi connectivity index (χ2n) is 5.68. The van der Waals surface area contributed by atoms with Crippen LogP contribution in [0.1, 0.15) is 18.5 Å². The van der Waals surface area contributed by atoms with E-state index in [4.69, 9.17) is 0 Å². The zero-order valence-electron chi connectivity index (χ0n) is 12.3. The molecule has 1 N–H and O–H groups in total. The summed E-state index contributed by atoms with van der Waals surface area (Å²) in [5.41, 5.74) is 1.66. The molecule has 0 atom stereocenters. The number of thiazole rings is 1. The van der Waals surface area contributed by atoms with Crippen LogP contribution in [-0.2, 0) is 11.2 Å². The lowest BCUT2D eigenvalue weighted by molar-refractivity contribution is -0.122. The molecule has 0 aliphatic heterocycles. The Hall–Kier alpha value is -2.28. The van der Waals surface area contributed by atoms with E-state index in [2.05, 4.69) is 15.4 Å². The molecule has 0 spiro atoms. The molecule has 1 saturated carbocycles. The van der Waals surface area contributed by atoms with Gasteiger partial charge in [0, 0.05) is 29.8 Å². The molecule has 1 fully saturated rings. The fourth-order valence-corrected chi connectivity index (χ4v) is 3.31. The maximum Gasteiger partial charge on any atom is 0.223 e. The van der Waals surface area contributed by atoms with Crippen molar-refractivity contribution in [3.8, 4) is 11.4 Å². The Morgan fingerprint density at radius 1 is 1.43 bits per heavy atom. The molecule has 1 aliphatic rings. The number of nitrogens with zero attached hydrogens (tertiary/aromatic N) is 3. The summed E-state index contributed by atoms with van der Waals surface area (Å²) >= 11 is 1.49. The third kappa shape index (κ3) is 2.96. The molecule has 3 aromatic rings. The highest BCUT2D eigenvalue weighted by atomic mass is 32.1. The van der Waals surface area contributed by atoms with Gasteiger partial charge >= 0.3 is 0 Å². The summed E-state index contributed by atoms with van der Waals surface area (Å²) in [5.74, 6) is 0.585. The van der Waals surface area contributed by atoms with Gasteiger partial charge in [-0.3, -0.25) is 4.79 Å². The molecule has 1 aliphatic carbocycles. The highest BCUT2D eigenvalue weighted by Gasteiger charge is 2.29. The lowest BCUT2D eigenvalue weighted by Gasteiger charge is -2.02. The molecule has 1 aromatic carbocycles. The summed E-state index contributed by atoms with van der Waals surface area (Å²) in [6.07, 6.45) is 2.72. The van der Waals surface area contributed by atoms with Crippen LogP contribution in [0.5, 0.6) is 0 Å². The zero-order valence-corrected chi connectivity index (χ0v) is 13.1. The Labute approximate surface area is 136 Å². The third-order valence-corrected chi connectivity index (χ3v) is 4.73. The first-order valence-electron chi connectivity index (χ1n) is 7.57. The van der Waals surface area contributed by atoms with Crippen molar-refractivity contribution in [1.82, 2.24) is 19.9 Å². The average Bonchev–Trinajstić information content (AvgIpc) is 3.20. The smallest absolute Gasteiger partial charge is 0.223 e. The quantitative estimate of drug-likeness (QED) is 0.782. The molecule has 0 radical (unpaired) electrons. The van der Waals surface area contributed by atoms with E-state index >= 15 is 0 Å². The standard InChI is InChI=1S/C16H15FN4OS/c17-12-3-1-2-11(8-12)14-19-16-21(20-14)13(9-23-16)6-7-18-15(22)10-4-5-10/h1-3,8-10H,4-7H2,(H,18,22). The molecule has 0 unspecified atom stereocenters. The first-order valence-corrected chi connectivity index (χ1v) is 8.45. The van der Waals surface area contributed by atoms with Crippen molar-refractivity contribution in [2.24, 2.45) is 5.92 Å². The average molecular weight is 330 g/mol. The number of benzene rings is 1. The van der Waals surface area contributed by atoms with Gasteiger partial charge in [-0.1, -0.05) is 12.1 Å². The van der Waals surface area contributed by atoms with Crippen LogP contribution in [0.4, 0.5) is 4.39 Å². The maximum absolute atomic E-state index is 13.3. The van der Waals surface area contributed by atoms with Crippen LogP contribution in [0.15, 0.2) is 29.6 Å². The number of nitrogens with one attached hydrogen (secondary N) is 1. The monoisotopic (exact) mass is 330 g/mol. The van der Waals surface area contributed by atoms with Crippen molar-refractivity contribution < 1.29 is 9.18 Å². The molecule has 2 aromatic heterocycles.